The Morgan fingerprint density at radius 2 is 2.33 bits per heavy atom. The Morgan fingerprint density at radius 3 is 3.00 bits per heavy atom. The lowest BCUT2D eigenvalue weighted by molar-refractivity contribution is 0.0696. The van der Waals surface area contributed by atoms with E-state index in [2.05, 4.69) is 10.1 Å². The number of aromatic nitrogens is 3. The average Bonchev–Trinajstić information content (AvgIpc) is 2.75. The minimum Gasteiger partial charge on any atom is -0.492 e. The number of aryl methyl sites for hydroxylation is 1. The van der Waals surface area contributed by atoms with Crippen LogP contribution >= 0.6 is 0 Å². The van der Waals surface area contributed by atoms with Crippen molar-refractivity contribution in [1.29, 1.82) is 0 Å². The highest BCUT2D eigenvalue weighted by Gasteiger charge is 2.03. The van der Waals surface area contributed by atoms with Gasteiger partial charge in [-0.3, -0.25) is 0 Å². The Hall–Kier alpha value is -2.37. The highest BCUT2D eigenvalue weighted by atomic mass is 16.5. The van der Waals surface area contributed by atoms with Gasteiger partial charge in [-0.25, -0.2) is 14.5 Å². The third-order valence-corrected chi connectivity index (χ3v) is 2.32. The summed E-state index contributed by atoms with van der Waals surface area (Å²) >= 11 is 0. The Labute approximate surface area is 104 Å². The molecule has 1 heterocycles. The predicted octanol–water partition coefficient (Wildman–Crippen LogP) is 1.36. The van der Waals surface area contributed by atoms with Crippen LogP contribution in [-0.2, 0) is 6.54 Å². The Bertz CT molecular complexity index is 551. The number of benzene rings is 1. The van der Waals surface area contributed by atoms with Gasteiger partial charge in [0.1, 0.15) is 24.5 Å². The average molecular weight is 247 g/mol. The summed E-state index contributed by atoms with van der Waals surface area (Å²) in [6.45, 7) is 2.79. The van der Waals surface area contributed by atoms with Crippen molar-refractivity contribution in [1.82, 2.24) is 14.8 Å². The van der Waals surface area contributed by atoms with Crippen LogP contribution in [0.2, 0.25) is 0 Å². The molecule has 0 radical (unpaired) electrons. The van der Waals surface area contributed by atoms with Gasteiger partial charge in [0, 0.05) is 0 Å². The molecule has 1 aromatic carbocycles. The van der Waals surface area contributed by atoms with Crippen molar-refractivity contribution in [2.75, 3.05) is 6.61 Å². The molecule has 0 saturated heterocycles. The van der Waals surface area contributed by atoms with Crippen molar-refractivity contribution < 1.29 is 14.6 Å². The molecule has 0 spiro atoms. The molecule has 18 heavy (non-hydrogen) atoms. The first kappa shape index (κ1) is 12.1. The zero-order valence-electron chi connectivity index (χ0n) is 9.91. The third-order valence-electron chi connectivity index (χ3n) is 2.32. The fourth-order valence-corrected chi connectivity index (χ4v) is 1.47. The van der Waals surface area contributed by atoms with Crippen LogP contribution in [0, 0.1) is 6.92 Å². The molecule has 2 aromatic rings. The molecule has 0 aliphatic rings. The number of hydrogen-bond donors (Lipinski definition) is 1. The van der Waals surface area contributed by atoms with E-state index in [0.29, 0.717) is 24.7 Å². The van der Waals surface area contributed by atoms with Gasteiger partial charge in [-0.15, -0.1) is 0 Å². The number of hydrogen-bond acceptors (Lipinski definition) is 4. The van der Waals surface area contributed by atoms with E-state index in [1.165, 1.54) is 12.1 Å². The fraction of sp³-hybridized carbons (Fsp3) is 0.250. The molecular formula is C12H13N3O3. The summed E-state index contributed by atoms with van der Waals surface area (Å²) in [4.78, 5) is 14.8. The topological polar surface area (TPSA) is 77.2 Å². The summed E-state index contributed by atoms with van der Waals surface area (Å²) in [5, 5.41) is 13.0. The summed E-state index contributed by atoms with van der Waals surface area (Å²) in [7, 11) is 0. The van der Waals surface area contributed by atoms with E-state index in [1.807, 2.05) is 6.92 Å². The van der Waals surface area contributed by atoms with Crippen LogP contribution in [0.15, 0.2) is 30.6 Å². The monoisotopic (exact) mass is 247 g/mol. The number of ether oxygens (including phenoxy) is 1. The Kier molecular flexibility index (Phi) is 3.57. The summed E-state index contributed by atoms with van der Waals surface area (Å²) in [5.74, 6) is 0.280. The third kappa shape index (κ3) is 3.07. The molecule has 0 unspecified atom stereocenters. The molecule has 1 aromatic heterocycles. The van der Waals surface area contributed by atoms with Gasteiger partial charge in [-0.2, -0.15) is 5.10 Å². The summed E-state index contributed by atoms with van der Waals surface area (Å²) in [6.07, 6.45) is 1.63. The van der Waals surface area contributed by atoms with Crippen LogP contribution < -0.4 is 4.74 Å². The van der Waals surface area contributed by atoms with Gasteiger partial charge in [-0.1, -0.05) is 6.07 Å². The zero-order chi connectivity index (χ0) is 13.0. The highest BCUT2D eigenvalue weighted by molar-refractivity contribution is 5.87. The van der Waals surface area contributed by atoms with E-state index in [4.69, 9.17) is 9.84 Å². The van der Waals surface area contributed by atoms with Crippen molar-refractivity contribution in [2.45, 2.75) is 13.5 Å². The quantitative estimate of drug-likeness (QED) is 0.863. The molecule has 0 aliphatic carbocycles. The van der Waals surface area contributed by atoms with Crippen LogP contribution in [0.25, 0.3) is 0 Å². The minimum atomic E-state index is -0.965. The van der Waals surface area contributed by atoms with Gasteiger partial charge < -0.3 is 9.84 Å². The largest absolute Gasteiger partial charge is 0.492 e. The van der Waals surface area contributed by atoms with Crippen LogP contribution in [0.1, 0.15) is 16.2 Å². The van der Waals surface area contributed by atoms with Crippen molar-refractivity contribution >= 4 is 5.97 Å². The molecule has 6 heteroatoms. The predicted molar refractivity (Wildman–Crippen MR) is 63.7 cm³/mol. The van der Waals surface area contributed by atoms with Gasteiger partial charge in [0.15, 0.2) is 0 Å². The lowest BCUT2D eigenvalue weighted by Gasteiger charge is -2.06. The molecule has 6 nitrogen and oxygen atoms in total. The van der Waals surface area contributed by atoms with E-state index in [-0.39, 0.29) is 5.56 Å². The number of aromatic carboxylic acids is 1. The molecule has 2 rings (SSSR count). The standard InChI is InChI=1S/C12H13N3O3/c1-9-13-8-15(14-9)5-6-18-11-4-2-3-10(7-11)12(16)17/h2-4,7-8H,5-6H2,1H3,(H,16,17). The van der Waals surface area contributed by atoms with Crippen LogP contribution in [0.4, 0.5) is 0 Å². The molecule has 0 bridgehead atoms. The molecular weight excluding hydrogens is 234 g/mol. The number of carbonyl (C=O) groups is 1. The van der Waals surface area contributed by atoms with Gasteiger partial charge in [0.2, 0.25) is 0 Å². The summed E-state index contributed by atoms with van der Waals surface area (Å²) in [5.41, 5.74) is 0.212. The van der Waals surface area contributed by atoms with Gasteiger partial charge in [-0.05, 0) is 25.1 Å². The molecule has 0 amide bonds. The van der Waals surface area contributed by atoms with Crippen molar-refractivity contribution in [3.05, 3.63) is 42.0 Å². The SMILES string of the molecule is Cc1ncn(CCOc2cccc(C(=O)O)c2)n1. The minimum absolute atomic E-state index is 0.212. The van der Waals surface area contributed by atoms with Gasteiger partial charge >= 0.3 is 5.97 Å². The van der Waals surface area contributed by atoms with Crippen molar-refractivity contribution in [3.8, 4) is 5.75 Å². The van der Waals surface area contributed by atoms with Crippen molar-refractivity contribution in [3.63, 3.8) is 0 Å². The first-order chi connectivity index (χ1) is 8.65. The van der Waals surface area contributed by atoms with E-state index in [0.717, 1.165) is 0 Å². The number of carboxylic acids is 1. The molecule has 1 N–H and O–H groups in total. The maximum absolute atomic E-state index is 10.8. The first-order valence-electron chi connectivity index (χ1n) is 5.47. The molecule has 0 atom stereocenters. The first-order valence-corrected chi connectivity index (χ1v) is 5.47. The van der Waals surface area contributed by atoms with Gasteiger partial charge in [0.05, 0.1) is 12.1 Å². The van der Waals surface area contributed by atoms with E-state index in [1.54, 1.807) is 23.1 Å². The normalized spacial score (nSPS) is 10.3. The second-order valence-corrected chi connectivity index (χ2v) is 3.74. The second kappa shape index (κ2) is 5.31. The number of nitrogens with zero attached hydrogens (tertiary/aromatic N) is 3. The lowest BCUT2D eigenvalue weighted by atomic mass is 10.2. The van der Waals surface area contributed by atoms with Gasteiger partial charge in [0.25, 0.3) is 0 Å². The van der Waals surface area contributed by atoms with Crippen LogP contribution in [-0.4, -0.2) is 32.4 Å². The zero-order valence-corrected chi connectivity index (χ0v) is 9.91. The Balaban J connectivity index is 1.90. The highest BCUT2D eigenvalue weighted by Crippen LogP contribution is 2.13. The fourth-order valence-electron chi connectivity index (χ4n) is 1.47. The van der Waals surface area contributed by atoms with E-state index in [9.17, 15) is 4.79 Å². The molecule has 0 fully saturated rings. The molecule has 0 aliphatic heterocycles. The number of carboxylic acid groups (broad SMARTS) is 1. The maximum atomic E-state index is 10.8. The second-order valence-electron chi connectivity index (χ2n) is 3.74. The smallest absolute Gasteiger partial charge is 0.335 e. The number of rotatable bonds is 5. The lowest BCUT2D eigenvalue weighted by Crippen LogP contribution is -2.09. The maximum Gasteiger partial charge on any atom is 0.335 e. The van der Waals surface area contributed by atoms with Crippen LogP contribution in [0.5, 0.6) is 5.75 Å². The summed E-state index contributed by atoms with van der Waals surface area (Å²) in [6, 6.07) is 6.39. The van der Waals surface area contributed by atoms with Crippen molar-refractivity contribution in [2.24, 2.45) is 0 Å². The van der Waals surface area contributed by atoms with Crippen LogP contribution in [0.3, 0.4) is 0 Å². The Morgan fingerprint density at radius 1 is 1.50 bits per heavy atom. The summed E-state index contributed by atoms with van der Waals surface area (Å²) < 4.78 is 7.14. The van der Waals surface area contributed by atoms with E-state index >= 15 is 0 Å². The molecule has 94 valence electrons. The van der Waals surface area contributed by atoms with E-state index < -0.39 is 5.97 Å². The molecule has 0 saturated carbocycles.